The standard InChI is InChI=1S/C12H23N3O4/c1-9-5-4-8-15(9)7-3-2-6-10(11(16)18-13)12(17)19-14/h9-10H,2-8,13-14H2,1H3. The van der Waals surface area contributed by atoms with Crippen molar-refractivity contribution in [3.63, 3.8) is 0 Å². The topological polar surface area (TPSA) is 108 Å². The molecule has 1 aliphatic rings. The number of carbonyl (C=O) groups excluding carboxylic acids is 2. The second-order valence-electron chi connectivity index (χ2n) is 4.95. The van der Waals surface area contributed by atoms with Crippen molar-refractivity contribution in [3.8, 4) is 0 Å². The van der Waals surface area contributed by atoms with Crippen LogP contribution in [0.2, 0.25) is 0 Å². The number of unbranched alkanes of at least 4 members (excludes halogenated alkanes) is 1. The Hall–Kier alpha value is -1.18. The number of nitrogens with zero attached hydrogens (tertiary/aromatic N) is 1. The van der Waals surface area contributed by atoms with Crippen LogP contribution in [0.25, 0.3) is 0 Å². The normalized spacial score (nSPS) is 19.7. The lowest BCUT2D eigenvalue weighted by Gasteiger charge is -2.20. The van der Waals surface area contributed by atoms with E-state index in [-0.39, 0.29) is 0 Å². The summed E-state index contributed by atoms with van der Waals surface area (Å²) >= 11 is 0. The first-order valence-corrected chi connectivity index (χ1v) is 6.65. The third-order valence-corrected chi connectivity index (χ3v) is 3.68. The van der Waals surface area contributed by atoms with Crippen LogP contribution >= 0.6 is 0 Å². The van der Waals surface area contributed by atoms with Gasteiger partial charge in [-0.15, -0.1) is 0 Å². The van der Waals surface area contributed by atoms with Gasteiger partial charge in [-0.25, -0.2) is 9.59 Å². The Balaban J connectivity index is 2.28. The minimum absolute atomic E-state index is 0.342. The van der Waals surface area contributed by atoms with Crippen LogP contribution in [-0.2, 0) is 19.3 Å². The molecule has 4 N–H and O–H groups in total. The van der Waals surface area contributed by atoms with Crippen molar-refractivity contribution in [2.24, 2.45) is 17.7 Å². The van der Waals surface area contributed by atoms with E-state index in [9.17, 15) is 9.59 Å². The maximum absolute atomic E-state index is 11.3. The fraction of sp³-hybridized carbons (Fsp3) is 0.833. The van der Waals surface area contributed by atoms with Gasteiger partial charge in [0.2, 0.25) is 0 Å². The van der Waals surface area contributed by atoms with E-state index in [4.69, 9.17) is 11.8 Å². The first kappa shape index (κ1) is 15.9. The highest BCUT2D eigenvalue weighted by molar-refractivity contribution is 5.94. The maximum atomic E-state index is 11.3. The molecule has 0 radical (unpaired) electrons. The number of hydrogen-bond donors (Lipinski definition) is 2. The fourth-order valence-corrected chi connectivity index (χ4v) is 2.48. The first-order chi connectivity index (χ1) is 9.10. The molecule has 0 saturated carbocycles. The smallest absolute Gasteiger partial charge is 0.338 e. The maximum Gasteiger partial charge on any atom is 0.338 e. The number of carbonyl (C=O) groups is 2. The highest BCUT2D eigenvalue weighted by atomic mass is 16.7. The van der Waals surface area contributed by atoms with Gasteiger partial charge in [-0.1, -0.05) is 6.42 Å². The molecular formula is C12H23N3O4. The van der Waals surface area contributed by atoms with Gasteiger partial charge in [0, 0.05) is 6.04 Å². The van der Waals surface area contributed by atoms with Crippen molar-refractivity contribution in [2.75, 3.05) is 13.1 Å². The molecule has 1 rings (SSSR count). The van der Waals surface area contributed by atoms with E-state index < -0.39 is 17.9 Å². The Morgan fingerprint density at radius 3 is 2.37 bits per heavy atom. The monoisotopic (exact) mass is 273 g/mol. The third kappa shape index (κ3) is 4.77. The predicted molar refractivity (Wildman–Crippen MR) is 68.2 cm³/mol. The van der Waals surface area contributed by atoms with Crippen molar-refractivity contribution in [1.82, 2.24) is 4.90 Å². The van der Waals surface area contributed by atoms with Gasteiger partial charge in [0.15, 0.2) is 5.92 Å². The van der Waals surface area contributed by atoms with Crippen molar-refractivity contribution < 1.29 is 19.3 Å². The second-order valence-corrected chi connectivity index (χ2v) is 4.95. The minimum Gasteiger partial charge on any atom is -0.373 e. The summed E-state index contributed by atoms with van der Waals surface area (Å²) in [6.07, 6.45) is 4.45. The molecule has 1 atom stereocenters. The van der Waals surface area contributed by atoms with Crippen LogP contribution in [0.5, 0.6) is 0 Å². The zero-order chi connectivity index (χ0) is 14.3. The van der Waals surface area contributed by atoms with E-state index in [0.717, 1.165) is 25.9 Å². The Bertz CT molecular complexity index is 295. The summed E-state index contributed by atoms with van der Waals surface area (Å²) in [4.78, 5) is 33.2. The molecule has 110 valence electrons. The molecule has 1 unspecified atom stereocenters. The highest BCUT2D eigenvalue weighted by Gasteiger charge is 2.29. The molecule has 0 bridgehead atoms. The van der Waals surface area contributed by atoms with Gasteiger partial charge >= 0.3 is 11.9 Å². The number of likely N-dealkylation sites (tertiary alicyclic amines) is 1. The molecule has 0 aromatic carbocycles. The minimum atomic E-state index is -1.02. The molecule has 7 heteroatoms. The highest BCUT2D eigenvalue weighted by Crippen LogP contribution is 2.18. The molecule has 1 saturated heterocycles. The lowest BCUT2D eigenvalue weighted by Crippen LogP contribution is -2.32. The largest absolute Gasteiger partial charge is 0.373 e. The molecular weight excluding hydrogens is 250 g/mol. The molecule has 0 spiro atoms. The quantitative estimate of drug-likeness (QED) is 0.384. The molecule has 1 fully saturated rings. The number of nitrogens with two attached hydrogens (primary N) is 2. The molecule has 0 aromatic heterocycles. The van der Waals surface area contributed by atoms with Gasteiger partial charge in [-0.3, -0.25) is 0 Å². The van der Waals surface area contributed by atoms with Gasteiger partial charge in [0.25, 0.3) is 0 Å². The molecule has 1 aliphatic heterocycles. The van der Waals surface area contributed by atoms with E-state index in [0.29, 0.717) is 12.5 Å². The SMILES string of the molecule is CC1CCCN1CCCCC(C(=O)ON)C(=O)ON. The van der Waals surface area contributed by atoms with Gasteiger partial charge in [0.05, 0.1) is 0 Å². The van der Waals surface area contributed by atoms with Gasteiger partial charge in [-0.05, 0) is 45.7 Å². The lowest BCUT2D eigenvalue weighted by molar-refractivity contribution is -0.163. The summed E-state index contributed by atoms with van der Waals surface area (Å²) in [6, 6.07) is 0.624. The molecule has 7 nitrogen and oxygen atoms in total. The van der Waals surface area contributed by atoms with Gasteiger partial charge in [0.1, 0.15) is 0 Å². The van der Waals surface area contributed by atoms with Crippen LogP contribution < -0.4 is 11.8 Å². The van der Waals surface area contributed by atoms with Gasteiger partial charge in [-0.2, -0.15) is 11.8 Å². The van der Waals surface area contributed by atoms with Crippen LogP contribution in [0, 0.1) is 5.92 Å². The van der Waals surface area contributed by atoms with Crippen molar-refractivity contribution >= 4 is 11.9 Å². The molecule has 0 aromatic rings. The fourth-order valence-electron chi connectivity index (χ4n) is 2.48. The van der Waals surface area contributed by atoms with E-state index in [1.807, 2.05) is 0 Å². The van der Waals surface area contributed by atoms with Crippen LogP contribution in [0.4, 0.5) is 0 Å². The predicted octanol–water partition coefficient (Wildman–Crippen LogP) is 0.0910. The van der Waals surface area contributed by atoms with E-state index >= 15 is 0 Å². The molecule has 0 aliphatic carbocycles. The lowest BCUT2D eigenvalue weighted by atomic mass is 10.0. The van der Waals surface area contributed by atoms with Crippen molar-refractivity contribution in [1.29, 1.82) is 0 Å². The molecule has 1 heterocycles. The van der Waals surface area contributed by atoms with Crippen molar-refractivity contribution in [2.45, 2.75) is 45.1 Å². The zero-order valence-corrected chi connectivity index (χ0v) is 11.3. The first-order valence-electron chi connectivity index (χ1n) is 6.65. The summed E-state index contributed by atoms with van der Waals surface area (Å²) in [5, 5.41) is 0. The summed E-state index contributed by atoms with van der Waals surface area (Å²) in [6.45, 7) is 4.32. The Morgan fingerprint density at radius 1 is 1.26 bits per heavy atom. The average molecular weight is 273 g/mol. The zero-order valence-electron chi connectivity index (χ0n) is 11.3. The van der Waals surface area contributed by atoms with Crippen molar-refractivity contribution in [3.05, 3.63) is 0 Å². The molecule has 0 amide bonds. The van der Waals surface area contributed by atoms with Crippen LogP contribution in [0.1, 0.15) is 39.0 Å². The summed E-state index contributed by atoms with van der Waals surface area (Å²) in [5.41, 5.74) is 0. The van der Waals surface area contributed by atoms with Crippen LogP contribution in [0.15, 0.2) is 0 Å². The van der Waals surface area contributed by atoms with E-state index in [1.165, 1.54) is 12.8 Å². The average Bonchev–Trinajstić information content (AvgIpc) is 2.83. The third-order valence-electron chi connectivity index (χ3n) is 3.68. The summed E-state index contributed by atoms with van der Waals surface area (Å²) < 4.78 is 0. The van der Waals surface area contributed by atoms with E-state index in [1.54, 1.807) is 0 Å². The molecule has 19 heavy (non-hydrogen) atoms. The summed E-state index contributed by atoms with van der Waals surface area (Å²) in [5.74, 6) is 6.94. The number of rotatable bonds is 7. The Morgan fingerprint density at radius 2 is 1.89 bits per heavy atom. The number of hydrogen-bond acceptors (Lipinski definition) is 7. The second kappa shape index (κ2) is 8.08. The Kier molecular flexibility index (Phi) is 6.75. The summed E-state index contributed by atoms with van der Waals surface area (Å²) in [7, 11) is 0. The van der Waals surface area contributed by atoms with Gasteiger partial charge < -0.3 is 14.6 Å². The van der Waals surface area contributed by atoms with Crippen LogP contribution in [-0.4, -0.2) is 36.0 Å². The van der Waals surface area contributed by atoms with Crippen LogP contribution in [0.3, 0.4) is 0 Å². The van der Waals surface area contributed by atoms with E-state index in [2.05, 4.69) is 21.5 Å². The Labute approximate surface area is 113 Å².